The van der Waals surface area contributed by atoms with E-state index in [4.69, 9.17) is 28.3 Å². The number of halogens is 1. The van der Waals surface area contributed by atoms with E-state index in [1.165, 1.54) is 6.08 Å². The van der Waals surface area contributed by atoms with Crippen molar-refractivity contribution in [3.05, 3.63) is 53.2 Å². The van der Waals surface area contributed by atoms with Crippen molar-refractivity contribution in [2.24, 2.45) is 21.6 Å². The van der Waals surface area contributed by atoms with Gasteiger partial charge in [-0.2, -0.15) is 0 Å². The van der Waals surface area contributed by atoms with Crippen LogP contribution in [-0.4, -0.2) is 16.8 Å². The third-order valence-electron chi connectivity index (χ3n) is 2.15. The number of allylic oxidation sites excluding steroid dienone is 1. The fourth-order valence-electron chi connectivity index (χ4n) is 1.29. The average molecular weight is 279 g/mol. The molecule has 0 bridgehead atoms. The quantitative estimate of drug-likeness (QED) is 0.341. The summed E-state index contributed by atoms with van der Waals surface area (Å²) in [7, 11) is 0. The Morgan fingerprint density at radius 3 is 2.37 bits per heavy atom. The number of rotatable bonds is 4. The van der Waals surface area contributed by atoms with E-state index in [9.17, 15) is 0 Å². The Morgan fingerprint density at radius 2 is 1.89 bits per heavy atom. The van der Waals surface area contributed by atoms with Gasteiger partial charge in [-0.3, -0.25) is 4.99 Å². The second kappa shape index (κ2) is 6.61. The molecule has 0 atom stereocenters. The van der Waals surface area contributed by atoms with Crippen LogP contribution in [0.1, 0.15) is 12.5 Å². The molecule has 1 aromatic carbocycles. The van der Waals surface area contributed by atoms with Crippen molar-refractivity contribution in [2.45, 2.75) is 6.92 Å². The number of oxime groups is 1. The van der Waals surface area contributed by atoms with Gasteiger partial charge in [-0.05, 0) is 30.7 Å². The summed E-state index contributed by atoms with van der Waals surface area (Å²) < 4.78 is 0. The Morgan fingerprint density at radius 1 is 1.32 bits per heavy atom. The number of aliphatic imine (C=N–C) groups is 1. The maximum atomic E-state index is 8.70. The van der Waals surface area contributed by atoms with Gasteiger partial charge < -0.3 is 16.7 Å². The van der Waals surface area contributed by atoms with Gasteiger partial charge >= 0.3 is 0 Å². The molecular weight excluding hydrogens is 264 g/mol. The molecule has 0 spiro atoms. The van der Waals surface area contributed by atoms with Gasteiger partial charge in [0.05, 0.1) is 0 Å². The molecule has 0 saturated carbocycles. The number of hydrogen-bond donors (Lipinski definition) is 3. The smallest absolute Gasteiger partial charge is 0.188 e. The Kier molecular flexibility index (Phi) is 5.14. The highest BCUT2D eigenvalue weighted by atomic mass is 35.5. The summed E-state index contributed by atoms with van der Waals surface area (Å²) in [4.78, 5) is 4.05. The fraction of sp³-hybridized carbons (Fsp3) is 0.0769. The molecule has 5 nitrogen and oxygen atoms in total. The first-order chi connectivity index (χ1) is 8.93. The van der Waals surface area contributed by atoms with Crippen LogP contribution < -0.4 is 11.5 Å². The van der Waals surface area contributed by atoms with Gasteiger partial charge in [0.25, 0.3) is 0 Å². The third kappa shape index (κ3) is 4.48. The van der Waals surface area contributed by atoms with Gasteiger partial charge in [0.1, 0.15) is 5.71 Å². The molecule has 0 aliphatic heterocycles. The third-order valence-corrected chi connectivity index (χ3v) is 2.40. The lowest BCUT2D eigenvalue weighted by atomic mass is 10.1. The summed E-state index contributed by atoms with van der Waals surface area (Å²) in [5.74, 6) is -0.139. The summed E-state index contributed by atoms with van der Waals surface area (Å²) in [6.07, 6.45) is 1.51. The minimum atomic E-state index is -0.139. The number of nitrogens with two attached hydrogens (primary N) is 2. The zero-order valence-electron chi connectivity index (χ0n) is 10.5. The van der Waals surface area contributed by atoms with Gasteiger partial charge in [-0.1, -0.05) is 35.5 Å². The molecule has 1 aromatic rings. The molecular formula is C13H15ClN4O. The summed E-state index contributed by atoms with van der Waals surface area (Å²) >= 11 is 5.80. The number of hydrogen-bond acceptors (Lipinski definition) is 4. The summed E-state index contributed by atoms with van der Waals surface area (Å²) in [5.41, 5.74) is 13.4. The summed E-state index contributed by atoms with van der Waals surface area (Å²) in [6.45, 7) is 5.33. The molecule has 0 aliphatic rings. The lowest BCUT2D eigenvalue weighted by Gasteiger charge is -2.04. The van der Waals surface area contributed by atoms with E-state index in [1.54, 1.807) is 31.2 Å². The van der Waals surface area contributed by atoms with Crippen molar-refractivity contribution in [1.82, 2.24) is 0 Å². The predicted octanol–water partition coefficient (Wildman–Crippen LogP) is 2.36. The lowest BCUT2D eigenvalue weighted by molar-refractivity contribution is 0.319. The van der Waals surface area contributed by atoms with Crippen LogP contribution in [-0.2, 0) is 0 Å². The van der Waals surface area contributed by atoms with E-state index < -0.39 is 0 Å². The maximum Gasteiger partial charge on any atom is 0.188 e. The standard InChI is InChI=1S/C13H15ClN4O/c1-8(2)17-12(13(16)18-19)7-11(15)9-3-5-10(14)6-4-9/h3-7,19H,1,15H2,2H3,(H2,16,18)/b11-7-,17-12?. The Bertz CT molecular complexity index is 559. The van der Waals surface area contributed by atoms with Crippen molar-refractivity contribution < 1.29 is 5.21 Å². The molecule has 6 heteroatoms. The second-order valence-corrected chi connectivity index (χ2v) is 4.26. The molecule has 5 N–H and O–H groups in total. The van der Waals surface area contributed by atoms with Crippen LogP contribution in [0.4, 0.5) is 0 Å². The first kappa shape index (κ1) is 14.8. The van der Waals surface area contributed by atoms with Crippen LogP contribution in [0.3, 0.4) is 0 Å². The topological polar surface area (TPSA) is 97.0 Å². The molecule has 0 saturated heterocycles. The Balaban J connectivity index is 3.16. The SMILES string of the molecule is C=C(C)N=C(/C=C(\N)c1ccc(Cl)cc1)/C(N)=N/O. The van der Waals surface area contributed by atoms with E-state index >= 15 is 0 Å². The van der Waals surface area contributed by atoms with E-state index in [0.29, 0.717) is 16.4 Å². The highest BCUT2D eigenvalue weighted by molar-refractivity contribution is 6.46. The molecule has 1 rings (SSSR count). The van der Waals surface area contributed by atoms with Crippen LogP contribution in [0.2, 0.25) is 5.02 Å². The van der Waals surface area contributed by atoms with E-state index in [0.717, 1.165) is 5.56 Å². The van der Waals surface area contributed by atoms with Crippen LogP contribution in [0.25, 0.3) is 5.70 Å². The monoisotopic (exact) mass is 278 g/mol. The molecule has 0 unspecified atom stereocenters. The highest BCUT2D eigenvalue weighted by Crippen LogP contribution is 2.14. The van der Waals surface area contributed by atoms with Crippen LogP contribution in [0.15, 0.2) is 52.8 Å². The molecule has 0 fully saturated rings. The van der Waals surface area contributed by atoms with Crippen molar-refractivity contribution in [1.29, 1.82) is 0 Å². The summed E-state index contributed by atoms with van der Waals surface area (Å²) in [5, 5.41) is 12.2. The number of benzene rings is 1. The minimum Gasteiger partial charge on any atom is -0.409 e. The Hall–Kier alpha value is -2.27. The van der Waals surface area contributed by atoms with Crippen molar-refractivity contribution >= 4 is 28.8 Å². The van der Waals surface area contributed by atoms with Crippen molar-refractivity contribution in [2.75, 3.05) is 0 Å². The number of amidine groups is 1. The molecule has 0 radical (unpaired) electrons. The van der Waals surface area contributed by atoms with E-state index in [1.807, 2.05) is 0 Å². The van der Waals surface area contributed by atoms with E-state index in [2.05, 4.69) is 16.7 Å². The Labute approximate surface area is 116 Å². The zero-order chi connectivity index (χ0) is 14.4. The van der Waals surface area contributed by atoms with Crippen molar-refractivity contribution in [3.63, 3.8) is 0 Å². The number of nitrogens with zero attached hydrogens (tertiary/aromatic N) is 2. The van der Waals surface area contributed by atoms with Gasteiger partial charge in [0, 0.05) is 16.4 Å². The van der Waals surface area contributed by atoms with Gasteiger partial charge in [-0.15, -0.1) is 0 Å². The normalized spacial score (nSPS) is 13.5. The largest absolute Gasteiger partial charge is 0.409 e. The molecule has 0 heterocycles. The van der Waals surface area contributed by atoms with Gasteiger partial charge in [-0.25, -0.2) is 0 Å². The van der Waals surface area contributed by atoms with E-state index in [-0.39, 0.29) is 11.5 Å². The molecule has 0 aliphatic carbocycles. The first-order valence-electron chi connectivity index (χ1n) is 5.39. The summed E-state index contributed by atoms with van der Waals surface area (Å²) in [6, 6.07) is 6.96. The first-order valence-corrected chi connectivity index (χ1v) is 5.77. The molecule has 0 aromatic heterocycles. The van der Waals surface area contributed by atoms with Gasteiger partial charge in [0.15, 0.2) is 5.84 Å². The molecule has 100 valence electrons. The van der Waals surface area contributed by atoms with Gasteiger partial charge in [0.2, 0.25) is 0 Å². The maximum absolute atomic E-state index is 8.70. The predicted molar refractivity (Wildman–Crippen MR) is 79.3 cm³/mol. The minimum absolute atomic E-state index is 0.139. The molecule has 19 heavy (non-hydrogen) atoms. The zero-order valence-corrected chi connectivity index (χ0v) is 11.2. The molecule has 0 amide bonds. The van der Waals surface area contributed by atoms with Crippen LogP contribution in [0.5, 0.6) is 0 Å². The highest BCUT2D eigenvalue weighted by Gasteiger charge is 2.05. The van der Waals surface area contributed by atoms with Crippen molar-refractivity contribution in [3.8, 4) is 0 Å². The van der Waals surface area contributed by atoms with Crippen LogP contribution in [0, 0.1) is 0 Å². The average Bonchev–Trinajstić information content (AvgIpc) is 2.37. The fourth-order valence-corrected chi connectivity index (χ4v) is 1.42. The van der Waals surface area contributed by atoms with Crippen LogP contribution >= 0.6 is 11.6 Å². The lowest BCUT2D eigenvalue weighted by Crippen LogP contribution is -2.23. The second-order valence-electron chi connectivity index (χ2n) is 3.82.